The van der Waals surface area contributed by atoms with Crippen LogP contribution < -0.4 is 4.74 Å². The molecule has 0 saturated carbocycles. The first kappa shape index (κ1) is 16.4. The number of alkyl halides is 3. The maximum Gasteiger partial charge on any atom is 0.433 e. The average molecular weight is 361 g/mol. The van der Waals surface area contributed by atoms with Gasteiger partial charge in [-0.3, -0.25) is 4.79 Å². The maximum atomic E-state index is 12.7. The van der Waals surface area contributed by atoms with Gasteiger partial charge in [0, 0.05) is 28.7 Å². The Kier molecular flexibility index (Phi) is 3.82. The number of H-pyrrole nitrogens is 1. The lowest BCUT2D eigenvalue weighted by Crippen LogP contribution is -2.56. The van der Waals surface area contributed by atoms with E-state index in [0.717, 1.165) is 17.0 Å². The molecule has 1 N–H and O–H groups in total. The standard InChI is InChI=1S/C18H14F3N3O2/c19-18(20,21)15-2-1-3-16(23-15)26-13-9-24(10-13)17(25)12-4-5-14-11(8-12)6-7-22-14/h1-8,13,22H,9-10H2. The summed E-state index contributed by atoms with van der Waals surface area (Å²) in [6.07, 6.45) is -3.09. The molecule has 4 rings (SSSR count). The minimum atomic E-state index is -4.52. The highest BCUT2D eigenvalue weighted by Crippen LogP contribution is 2.29. The number of likely N-dealkylation sites (tertiary alicyclic amines) is 1. The molecule has 1 amide bonds. The number of nitrogens with one attached hydrogen (secondary N) is 1. The molecule has 1 aliphatic rings. The summed E-state index contributed by atoms with van der Waals surface area (Å²) in [5, 5.41) is 0.942. The van der Waals surface area contributed by atoms with Gasteiger partial charge in [-0.25, -0.2) is 4.98 Å². The van der Waals surface area contributed by atoms with E-state index in [1.807, 2.05) is 12.1 Å². The van der Waals surface area contributed by atoms with Gasteiger partial charge in [-0.05, 0) is 30.3 Å². The van der Waals surface area contributed by atoms with Crippen LogP contribution in [-0.2, 0) is 6.18 Å². The number of nitrogens with zero attached hydrogens (tertiary/aromatic N) is 2. The summed E-state index contributed by atoms with van der Waals surface area (Å²) in [5.41, 5.74) is 0.511. The van der Waals surface area contributed by atoms with Gasteiger partial charge in [-0.2, -0.15) is 13.2 Å². The number of halogens is 3. The van der Waals surface area contributed by atoms with Crippen LogP contribution >= 0.6 is 0 Å². The molecular formula is C18H14F3N3O2. The van der Waals surface area contributed by atoms with Crippen LogP contribution in [0.2, 0.25) is 0 Å². The molecule has 3 aromatic rings. The highest BCUT2D eigenvalue weighted by Gasteiger charge is 2.35. The van der Waals surface area contributed by atoms with Gasteiger partial charge in [0.1, 0.15) is 11.8 Å². The van der Waals surface area contributed by atoms with Gasteiger partial charge in [-0.1, -0.05) is 6.07 Å². The Balaban J connectivity index is 1.38. The van der Waals surface area contributed by atoms with Crippen LogP contribution in [0.25, 0.3) is 10.9 Å². The van der Waals surface area contributed by atoms with E-state index in [1.165, 1.54) is 12.1 Å². The fourth-order valence-corrected chi connectivity index (χ4v) is 2.86. The van der Waals surface area contributed by atoms with Gasteiger partial charge >= 0.3 is 6.18 Å². The van der Waals surface area contributed by atoms with Gasteiger partial charge < -0.3 is 14.6 Å². The number of aromatic nitrogens is 2. The topological polar surface area (TPSA) is 58.2 Å². The second-order valence-electron chi connectivity index (χ2n) is 6.09. The van der Waals surface area contributed by atoms with Crippen molar-refractivity contribution < 1.29 is 22.7 Å². The monoisotopic (exact) mass is 361 g/mol. The molecule has 2 aromatic heterocycles. The highest BCUT2D eigenvalue weighted by atomic mass is 19.4. The van der Waals surface area contributed by atoms with Crippen LogP contribution in [0.5, 0.6) is 5.88 Å². The van der Waals surface area contributed by atoms with Gasteiger partial charge in [0.05, 0.1) is 13.1 Å². The Morgan fingerprint density at radius 3 is 2.77 bits per heavy atom. The number of benzene rings is 1. The van der Waals surface area contributed by atoms with Crippen molar-refractivity contribution in [1.82, 2.24) is 14.9 Å². The first-order chi connectivity index (χ1) is 12.4. The smallest absolute Gasteiger partial charge is 0.433 e. The molecule has 134 valence electrons. The van der Waals surface area contributed by atoms with Gasteiger partial charge in [0.25, 0.3) is 5.91 Å². The van der Waals surface area contributed by atoms with Crippen molar-refractivity contribution in [2.45, 2.75) is 12.3 Å². The number of fused-ring (bicyclic) bond motifs is 1. The van der Waals surface area contributed by atoms with Gasteiger partial charge in [-0.15, -0.1) is 0 Å². The summed E-state index contributed by atoms with van der Waals surface area (Å²) in [7, 11) is 0. The first-order valence-electron chi connectivity index (χ1n) is 7.97. The third-order valence-corrected chi connectivity index (χ3v) is 4.24. The number of hydrogen-bond donors (Lipinski definition) is 1. The van der Waals surface area contributed by atoms with E-state index in [4.69, 9.17) is 4.74 Å². The fraction of sp³-hybridized carbons (Fsp3) is 0.222. The summed E-state index contributed by atoms with van der Waals surface area (Å²) in [5.74, 6) is -0.226. The number of pyridine rings is 1. The van der Waals surface area contributed by atoms with E-state index in [0.29, 0.717) is 18.7 Å². The molecular weight excluding hydrogens is 347 g/mol. The van der Waals surface area contributed by atoms with Crippen molar-refractivity contribution in [3.63, 3.8) is 0 Å². The average Bonchev–Trinajstić information content (AvgIpc) is 3.04. The summed E-state index contributed by atoms with van der Waals surface area (Å²) < 4.78 is 43.5. The number of aromatic amines is 1. The number of carbonyl (C=O) groups is 1. The van der Waals surface area contributed by atoms with E-state index in [9.17, 15) is 18.0 Å². The molecule has 0 atom stereocenters. The molecule has 5 nitrogen and oxygen atoms in total. The lowest BCUT2D eigenvalue weighted by Gasteiger charge is -2.38. The van der Waals surface area contributed by atoms with E-state index in [1.54, 1.807) is 23.2 Å². The van der Waals surface area contributed by atoms with Crippen molar-refractivity contribution in [3.05, 3.63) is 59.9 Å². The molecule has 8 heteroatoms. The van der Waals surface area contributed by atoms with Gasteiger partial charge in [0.2, 0.25) is 5.88 Å². The normalized spacial score (nSPS) is 15.1. The van der Waals surface area contributed by atoms with Crippen molar-refractivity contribution in [3.8, 4) is 5.88 Å². The summed E-state index contributed by atoms with van der Waals surface area (Å²) in [6.45, 7) is 0.615. The molecule has 1 fully saturated rings. The van der Waals surface area contributed by atoms with Crippen molar-refractivity contribution in [2.75, 3.05) is 13.1 Å². The SMILES string of the molecule is O=C(c1ccc2[nH]ccc2c1)N1CC(Oc2cccc(C(F)(F)F)n2)C1. The Morgan fingerprint density at radius 2 is 2.00 bits per heavy atom. The number of amides is 1. The minimum Gasteiger partial charge on any atom is -0.471 e. The van der Waals surface area contributed by atoms with Crippen molar-refractivity contribution >= 4 is 16.8 Å². The van der Waals surface area contributed by atoms with Crippen LogP contribution in [0.1, 0.15) is 16.1 Å². The Hall–Kier alpha value is -3.03. The van der Waals surface area contributed by atoms with Crippen molar-refractivity contribution in [2.24, 2.45) is 0 Å². The van der Waals surface area contributed by atoms with E-state index >= 15 is 0 Å². The Bertz CT molecular complexity index is 961. The highest BCUT2D eigenvalue weighted by molar-refractivity contribution is 5.98. The summed E-state index contributed by atoms with van der Waals surface area (Å²) in [4.78, 5) is 20.6. The second kappa shape index (κ2) is 6.05. The maximum absolute atomic E-state index is 12.7. The Labute approximate surface area is 146 Å². The largest absolute Gasteiger partial charge is 0.471 e. The lowest BCUT2D eigenvalue weighted by molar-refractivity contribution is -0.141. The van der Waals surface area contributed by atoms with E-state index in [2.05, 4.69) is 9.97 Å². The first-order valence-corrected chi connectivity index (χ1v) is 7.97. The predicted molar refractivity (Wildman–Crippen MR) is 87.9 cm³/mol. The molecule has 3 heterocycles. The zero-order valence-corrected chi connectivity index (χ0v) is 13.5. The summed E-state index contributed by atoms with van der Waals surface area (Å²) in [6, 6.07) is 10.8. The van der Waals surface area contributed by atoms with Crippen LogP contribution in [-0.4, -0.2) is 40.0 Å². The molecule has 0 unspecified atom stereocenters. The summed E-state index contributed by atoms with van der Waals surface area (Å²) >= 11 is 0. The molecule has 0 spiro atoms. The molecule has 0 aliphatic carbocycles. The van der Waals surface area contributed by atoms with Crippen LogP contribution in [0.4, 0.5) is 13.2 Å². The van der Waals surface area contributed by atoms with Crippen LogP contribution in [0.15, 0.2) is 48.7 Å². The van der Waals surface area contributed by atoms with Crippen LogP contribution in [0.3, 0.4) is 0 Å². The third-order valence-electron chi connectivity index (χ3n) is 4.24. The zero-order chi connectivity index (χ0) is 18.3. The minimum absolute atomic E-state index is 0.0920. The predicted octanol–water partition coefficient (Wildman–Crippen LogP) is 3.49. The van der Waals surface area contributed by atoms with Crippen LogP contribution in [0, 0.1) is 0 Å². The second-order valence-corrected chi connectivity index (χ2v) is 6.09. The Morgan fingerprint density at radius 1 is 1.19 bits per heavy atom. The quantitative estimate of drug-likeness (QED) is 0.777. The number of ether oxygens (including phenoxy) is 1. The van der Waals surface area contributed by atoms with Crippen molar-refractivity contribution in [1.29, 1.82) is 0 Å². The molecule has 1 saturated heterocycles. The molecule has 1 aliphatic heterocycles. The fourth-order valence-electron chi connectivity index (χ4n) is 2.86. The van der Waals surface area contributed by atoms with E-state index in [-0.39, 0.29) is 17.9 Å². The molecule has 26 heavy (non-hydrogen) atoms. The van der Waals surface area contributed by atoms with Gasteiger partial charge in [0.15, 0.2) is 0 Å². The third kappa shape index (κ3) is 3.10. The lowest BCUT2D eigenvalue weighted by atomic mass is 10.1. The molecule has 0 radical (unpaired) electrons. The zero-order valence-electron chi connectivity index (χ0n) is 13.5. The molecule has 1 aromatic carbocycles. The number of carbonyl (C=O) groups excluding carboxylic acids is 1. The number of rotatable bonds is 3. The number of hydrogen-bond acceptors (Lipinski definition) is 3. The molecule has 0 bridgehead atoms. The van der Waals surface area contributed by atoms with E-state index < -0.39 is 11.9 Å².